The van der Waals surface area contributed by atoms with Crippen LogP contribution in [0.5, 0.6) is 0 Å². The van der Waals surface area contributed by atoms with Gasteiger partial charge in [-0.05, 0) is 53.7 Å². The van der Waals surface area contributed by atoms with Crippen LogP contribution in [0.3, 0.4) is 0 Å². The van der Waals surface area contributed by atoms with Crippen LogP contribution in [-0.2, 0) is 6.42 Å². The van der Waals surface area contributed by atoms with Gasteiger partial charge in [0.25, 0.3) is 5.91 Å². The van der Waals surface area contributed by atoms with E-state index in [0.717, 1.165) is 5.56 Å². The molecular weight excluding hydrogens is 325 g/mol. The number of nitriles is 1. The molecule has 2 aromatic carbocycles. The lowest BCUT2D eigenvalue weighted by atomic mass is 10.1. The summed E-state index contributed by atoms with van der Waals surface area (Å²) in [6, 6.07) is 14.0. The number of carbonyl (C=O) groups is 1. The Hall–Kier alpha value is -2.46. The van der Waals surface area contributed by atoms with Gasteiger partial charge in [0.05, 0.1) is 12.5 Å². The number of nitrogens with one attached hydrogen (secondary N) is 1. The van der Waals surface area contributed by atoms with Gasteiger partial charge in [0.15, 0.2) is 0 Å². The monoisotopic (exact) mass is 336 g/mol. The van der Waals surface area contributed by atoms with E-state index in [2.05, 4.69) is 5.32 Å². The Labute approximate surface area is 135 Å². The minimum atomic E-state index is -4.35. The molecular formula is C16H11F3N2OS. The summed E-state index contributed by atoms with van der Waals surface area (Å²) >= 11 is -0.227. The number of amides is 1. The van der Waals surface area contributed by atoms with Crippen LogP contribution in [0.4, 0.5) is 18.9 Å². The average Bonchev–Trinajstić information content (AvgIpc) is 2.48. The van der Waals surface area contributed by atoms with E-state index in [-0.39, 0.29) is 28.6 Å². The van der Waals surface area contributed by atoms with Gasteiger partial charge in [-0.2, -0.15) is 18.4 Å². The summed E-state index contributed by atoms with van der Waals surface area (Å²) in [5.41, 5.74) is -2.71. The topological polar surface area (TPSA) is 52.9 Å². The highest BCUT2D eigenvalue weighted by atomic mass is 32.2. The first-order chi connectivity index (χ1) is 10.9. The molecule has 0 spiro atoms. The van der Waals surface area contributed by atoms with E-state index in [1.165, 1.54) is 24.3 Å². The van der Waals surface area contributed by atoms with Crippen molar-refractivity contribution in [1.29, 1.82) is 5.26 Å². The number of anilines is 1. The summed E-state index contributed by atoms with van der Waals surface area (Å²) in [6.45, 7) is 0. The second-order valence-electron chi connectivity index (χ2n) is 4.56. The quantitative estimate of drug-likeness (QED) is 0.829. The maximum Gasteiger partial charge on any atom is 0.446 e. The van der Waals surface area contributed by atoms with E-state index in [1.807, 2.05) is 6.07 Å². The Morgan fingerprint density at radius 2 is 1.70 bits per heavy atom. The highest BCUT2D eigenvalue weighted by Crippen LogP contribution is 2.36. The van der Waals surface area contributed by atoms with Gasteiger partial charge in [-0.25, -0.2) is 0 Å². The van der Waals surface area contributed by atoms with Crippen LogP contribution in [0.2, 0.25) is 0 Å². The van der Waals surface area contributed by atoms with Crippen LogP contribution in [0.1, 0.15) is 15.9 Å². The highest BCUT2D eigenvalue weighted by Gasteiger charge is 2.29. The van der Waals surface area contributed by atoms with Crippen LogP contribution in [-0.4, -0.2) is 11.4 Å². The Morgan fingerprint density at radius 3 is 2.22 bits per heavy atom. The van der Waals surface area contributed by atoms with Gasteiger partial charge >= 0.3 is 5.51 Å². The fraction of sp³-hybridized carbons (Fsp3) is 0.125. The van der Waals surface area contributed by atoms with E-state index < -0.39 is 11.4 Å². The number of benzene rings is 2. The number of carbonyl (C=O) groups excluding carboxylic acids is 1. The van der Waals surface area contributed by atoms with Gasteiger partial charge in [0, 0.05) is 16.1 Å². The summed E-state index contributed by atoms with van der Waals surface area (Å²) in [7, 11) is 0. The van der Waals surface area contributed by atoms with Crippen molar-refractivity contribution in [2.45, 2.75) is 16.8 Å². The lowest BCUT2D eigenvalue weighted by molar-refractivity contribution is -0.0328. The summed E-state index contributed by atoms with van der Waals surface area (Å²) in [5, 5.41) is 11.2. The third kappa shape index (κ3) is 5.34. The zero-order valence-corrected chi connectivity index (χ0v) is 12.5. The molecule has 2 aromatic rings. The van der Waals surface area contributed by atoms with E-state index in [1.54, 1.807) is 24.3 Å². The number of nitrogens with zero attached hydrogens (tertiary/aromatic N) is 1. The van der Waals surface area contributed by atoms with Crippen LogP contribution in [0.15, 0.2) is 53.4 Å². The van der Waals surface area contributed by atoms with E-state index in [4.69, 9.17) is 5.26 Å². The van der Waals surface area contributed by atoms with Crippen molar-refractivity contribution in [1.82, 2.24) is 0 Å². The number of halogens is 3. The number of thioether (sulfide) groups is 1. The molecule has 0 aliphatic carbocycles. The molecule has 0 fully saturated rings. The van der Waals surface area contributed by atoms with E-state index in [9.17, 15) is 18.0 Å². The van der Waals surface area contributed by atoms with Gasteiger partial charge in [-0.3, -0.25) is 4.79 Å². The summed E-state index contributed by atoms with van der Waals surface area (Å²) in [5.74, 6) is -0.415. The van der Waals surface area contributed by atoms with Crippen molar-refractivity contribution in [3.8, 4) is 6.07 Å². The van der Waals surface area contributed by atoms with Crippen LogP contribution in [0.25, 0.3) is 0 Å². The molecule has 3 nitrogen and oxygen atoms in total. The third-order valence-electron chi connectivity index (χ3n) is 2.85. The molecule has 0 heterocycles. The predicted molar refractivity (Wildman–Crippen MR) is 82.1 cm³/mol. The summed E-state index contributed by atoms with van der Waals surface area (Å²) < 4.78 is 36.7. The van der Waals surface area contributed by atoms with Gasteiger partial charge in [-0.15, -0.1) is 0 Å². The second kappa shape index (κ2) is 7.20. The molecule has 0 bridgehead atoms. The van der Waals surface area contributed by atoms with Crippen molar-refractivity contribution in [2.75, 3.05) is 5.32 Å². The van der Waals surface area contributed by atoms with Crippen LogP contribution in [0, 0.1) is 11.3 Å². The summed E-state index contributed by atoms with van der Waals surface area (Å²) in [6.07, 6.45) is 0.284. The van der Waals surface area contributed by atoms with Crippen molar-refractivity contribution in [3.05, 3.63) is 59.7 Å². The lowest BCUT2D eigenvalue weighted by Crippen LogP contribution is -2.11. The molecule has 0 saturated heterocycles. The molecule has 1 N–H and O–H groups in total. The number of hydrogen-bond donors (Lipinski definition) is 1. The predicted octanol–water partition coefficient (Wildman–Crippen LogP) is 4.62. The minimum absolute atomic E-state index is 0.0231. The molecule has 0 aromatic heterocycles. The first kappa shape index (κ1) is 16.9. The number of rotatable bonds is 4. The molecule has 0 aliphatic rings. The van der Waals surface area contributed by atoms with Crippen LogP contribution < -0.4 is 5.32 Å². The Kier molecular flexibility index (Phi) is 5.29. The molecule has 0 saturated carbocycles. The van der Waals surface area contributed by atoms with Gasteiger partial charge in [-0.1, -0.05) is 12.1 Å². The zero-order chi connectivity index (χ0) is 16.9. The molecule has 0 atom stereocenters. The molecule has 2 rings (SSSR count). The molecule has 0 unspecified atom stereocenters. The smallest absolute Gasteiger partial charge is 0.322 e. The number of alkyl halides is 3. The minimum Gasteiger partial charge on any atom is -0.322 e. The fourth-order valence-electron chi connectivity index (χ4n) is 1.81. The van der Waals surface area contributed by atoms with Gasteiger partial charge < -0.3 is 5.32 Å². The Balaban J connectivity index is 2.01. The Morgan fingerprint density at radius 1 is 1.09 bits per heavy atom. The maximum absolute atomic E-state index is 12.2. The van der Waals surface area contributed by atoms with Gasteiger partial charge in [0.1, 0.15) is 0 Å². The van der Waals surface area contributed by atoms with Crippen LogP contribution >= 0.6 is 11.8 Å². The van der Waals surface area contributed by atoms with Crippen molar-refractivity contribution >= 4 is 23.4 Å². The largest absolute Gasteiger partial charge is 0.446 e. The lowest BCUT2D eigenvalue weighted by Gasteiger charge is -2.08. The number of hydrogen-bond acceptors (Lipinski definition) is 3. The first-order valence-corrected chi connectivity index (χ1v) is 7.32. The maximum atomic E-state index is 12.2. The molecule has 23 heavy (non-hydrogen) atoms. The van der Waals surface area contributed by atoms with Crippen molar-refractivity contribution in [2.24, 2.45) is 0 Å². The summed E-state index contributed by atoms with van der Waals surface area (Å²) in [4.78, 5) is 12.1. The van der Waals surface area contributed by atoms with E-state index >= 15 is 0 Å². The second-order valence-corrected chi connectivity index (χ2v) is 5.70. The average molecular weight is 336 g/mol. The first-order valence-electron chi connectivity index (χ1n) is 6.50. The fourth-order valence-corrected chi connectivity index (χ4v) is 2.35. The SMILES string of the molecule is N#CCc1ccc(NC(=O)c2ccc(SC(F)(F)F)cc2)cc1. The van der Waals surface area contributed by atoms with Crippen molar-refractivity contribution < 1.29 is 18.0 Å². The van der Waals surface area contributed by atoms with Crippen molar-refractivity contribution in [3.63, 3.8) is 0 Å². The molecule has 118 valence electrons. The third-order valence-corrected chi connectivity index (χ3v) is 3.58. The molecule has 1 amide bonds. The highest BCUT2D eigenvalue weighted by molar-refractivity contribution is 8.00. The van der Waals surface area contributed by atoms with Gasteiger partial charge in [0.2, 0.25) is 0 Å². The molecule has 0 radical (unpaired) electrons. The molecule has 7 heteroatoms. The normalized spacial score (nSPS) is 10.9. The van der Waals surface area contributed by atoms with E-state index in [0.29, 0.717) is 5.69 Å². The Bertz CT molecular complexity index is 719. The standard InChI is InChI=1S/C16H11F3N2OS/c17-16(18,19)23-14-7-3-12(4-8-14)15(22)21-13-5-1-11(2-6-13)9-10-20/h1-8H,9H2,(H,21,22). The zero-order valence-electron chi connectivity index (χ0n) is 11.7. The molecule has 0 aliphatic heterocycles.